The van der Waals surface area contributed by atoms with Crippen molar-refractivity contribution in [3.63, 3.8) is 0 Å². The summed E-state index contributed by atoms with van der Waals surface area (Å²) in [4.78, 5) is 40.8. The first kappa shape index (κ1) is 5.31. The standard InChI is InChI=1S/C13H18N4O3/c1-9(18)6-4-5-7-17-12(19)10-11(14-8-15(10)2)16(3)13(17)20/h8H,4-7H2,1-3H3/i1D3,2D3,3D3,6D2,8D. The van der Waals surface area contributed by atoms with Gasteiger partial charge < -0.3 is 9.36 Å². The maximum absolute atomic E-state index is 12.9. The van der Waals surface area contributed by atoms with Crippen molar-refractivity contribution < 1.29 is 21.2 Å². The number of nitrogens with zero attached hydrogens (tertiary/aromatic N) is 4. The SMILES string of the molecule is [2H]c1nc2c(c(=O)n(CCCC([2H])([2H])C(=O)C([2H])([2H])[2H])c(=O)n2C([2H])([2H])[2H])n1C([2H])([2H])[2H]. The summed E-state index contributed by atoms with van der Waals surface area (Å²) >= 11 is 0. The second kappa shape index (κ2) is 5.44. The van der Waals surface area contributed by atoms with Gasteiger partial charge in [0.2, 0.25) is 0 Å². The first-order valence-electron chi connectivity index (χ1n) is 11.5. The van der Waals surface area contributed by atoms with Crippen LogP contribution in [-0.4, -0.2) is 24.5 Å². The van der Waals surface area contributed by atoms with Gasteiger partial charge >= 0.3 is 5.69 Å². The molecule has 0 radical (unpaired) electrons. The summed E-state index contributed by atoms with van der Waals surface area (Å²) in [5, 5.41) is 0. The molecule has 0 aliphatic heterocycles. The molecule has 2 rings (SSSR count). The Morgan fingerprint density at radius 1 is 1.45 bits per heavy atom. The highest BCUT2D eigenvalue weighted by Gasteiger charge is 2.14. The van der Waals surface area contributed by atoms with Gasteiger partial charge in [0.05, 0.1) is 6.30 Å². The number of hydrogen-bond acceptors (Lipinski definition) is 4. The van der Waals surface area contributed by atoms with Crippen LogP contribution in [0.5, 0.6) is 0 Å². The van der Waals surface area contributed by atoms with Crippen LogP contribution in [0.25, 0.3) is 11.2 Å². The number of carbonyl (C=O) groups is 1. The highest BCUT2D eigenvalue weighted by atomic mass is 16.2. The highest BCUT2D eigenvalue weighted by molar-refractivity contribution is 5.75. The Morgan fingerprint density at radius 3 is 3.00 bits per heavy atom. The van der Waals surface area contributed by atoms with Crippen molar-refractivity contribution in [2.45, 2.75) is 32.6 Å². The minimum absolute atomic E-state index is 0.0756. The molecule has 0 fully saturated rings. The molecular weight excluding hydrogens is 260 g/mol. The van der Waals surface area contributed by atoms with Crippen molar-refractivity contribution in [2.24, 2.45) is 14.0 Å². The molecule has 0 N–H and O–H groups in total. The van der Waals surface area contributed by atoms with E-state index in [2.05, 4.69) is 4.98 Å². The normalized spacial score (nSPS) is 22.6. The number of rotatable bonds is 5. The Balaban J connectivity index is 2.65. The summed E-state index contributed by atoms with van der Waals surface area (Å²) in [6.45, 7) is -10.2. The molecule has 0 saturated heterocycles. The lowest BCUT2D eigenvalue weighted by molar-refractivity contribution is -0.117. The Morgan fingerprint density at radius 2 is 2.30 bits per heavy atom. The molecule has 0 spiro atoms. The summed E-state index contributed by atoms with van der Waals surface area (Å²) in [5.41, 5.74) is -4.37. The van der Waals surface area contributed by atoms with Gasteiger partial charge in [-0.2, -0.15) is 0 Å². The Kier molecular flexibility index (Phi) is 1.44. The number of Topliss-reactive ketones (excluding diaryl/α,β-unsaturated/α-hetero) is 1. The first-order valence-corrected chi connectivity index (χ1v) is 5.52. The quantitative estimate of drug-likeness (QED) is 0.787. The molecule has 0 aromatic carbocycles. The number of hydrogen-bond donors (Lipinski definition) is 0. The maximum atomic E-state index is 12.9. The molecule has 7 heteroatoms. The fourth-order valence-corrected chi connectivity index (χ4v) is 1.71. The van der Waals surface area contributed by atoms with E-state index in [4.69, 9.17) is 16.4 Å². The van der Waals surface area contributed by atoms with E-state index in [0.29, 0.717) is 4.57 Å². The van der Waals surface area contributed by atoms with E-state index in [1.165, 1.54) is 0 Å². The van der Waals surface area contributed by atoms with Crippen molar-refractivity contribution in [2.75, 3.05) is 0 Å². The second-order valence-electron chi connectivity index (χ2n) is 3.90. The van der Waals surface area contributed by atoms with Gasteiger partial charge in [-0.1, -0.05) is 0 Å². The lowest BCUT2D eigenvalue weighted by Crippen LogP contribution is -2.39. The number of ketones is 1. The molecule has 2 aromatic rings. The van der Waals surface area contributed by atoms with Crippen LogP contribution in [-0.2, 0) is 25.3 Å². The average molecular weight is 290 g/mol. The van der Waals surface area contributed by atoms with Crippen molar-refractivity contribution in [3.8, 4) is 0 Å². The van der Waals surface area contributed by atoms with Crippen LogP contribution in [0.15, 0.2) is 15.9 Å². The van der Waals surface area contributed by atoms with Gasteiger partial charge in [-0.3, -0.25) is 13.9 Å². The zero-order valence-electron chi connectivity index (χ0n) is 22.1. The largest absolute Gasteiger partial charge is 0.332 e. The predicted octanol–water partition coefficient (Wildman–Crippen LogP) is 0.193. The molecule has 0 saturated carbocycles. The van der Waals surface area contributed by atoms with Crippen molar-refractivity contribution >= 4 is 16.9 Å². The van der Waals surface area contributed by atoms with E-state index in [1.807, 2.05) is 0 Å². The van der Waals surface area contributed by atoms with Gasteiger partial charge in [0.15, 0.2) is 11.2 Å². The summed E-state index contributed by atoms with van der Waals surface area (Å²) in [6.07, 6.45) is -4.96. The van der Waals surface area contributed by atoms with Gasteiger partial charge in [-0.05, 0) is 19.7 Å². The van der Waals surface area contributed by atoms with E-state index in [-0.39, 0.29) is 9.13 Å². The Bertz CT molecular complexity index is 1160. The van der Waals surface area contributed by atoms with Gasteiger partial charge in [0, 0.05) is 41.9 Å². The van der Waals surface area contributed by atoms with Gasteiger partial charge in [-0.15, -0.1) is 0 Å². The van der Waals surface area contributed by atoms with E-state index in [9.17, 15) is 14.4 Å². The molecule has 0 atom stereocenters. The maximum Gasteiger partial charge on any atom is 0.332 e. The number of fused-ring (bicyclic) bond motifs is 1. The molecule has 2 aromatic heterocycles. The van der Waals surface area contributed by atoms with Crippen LogP contribution in [0.4, 0.5) is 0 Å². The second-order valence-corrected chi connectivity index (χ2v) is 3.90. The third-order valence-corrected chi connectivity index (χ3v) is 2.62. The van der Waals surface area contributed by atoms with Crippen LogP contribution in [0.3, 0.4) is 0 Å². The summed E-state index contributed by atoms with van der Waals surface area (Å²) in [5.74, 6) is -1.67. The third kappa shape index (κ3) is 2.43. The number of imidazole rings is 1. The predicted molar refractivity (Wildman–Crippen MR) is 74.7 cm³/mol. The van der Waals surface area contributed by atoms with E-state index >= 15 is 0 Å². The lowest BCUT2D eigenvalue weighted by Gasteiger charge is -2.08. The average Bonchev–Trinajstić information content (AvgIpc) is 2.91. The molecule has 0 aliphatic rings. The van der Waals surface area contributed by atoms with E-state index < -0.39 is 81.1 Å². The minimum atomic E-state index is -3.22. The van der Waals surface area contributed by atoms with Crippen molar-refractivity contribution in [1.82, 2.24) is 18.7 Å². The van der Waals surface area contributed by atoms with Crippen LogP contribution < -0.4 is 11.2 Å². The molecule has 20 heavy (non-hydrogen) atoms. The smallest absolute Gasteiger partial charge is 0.328 e. The lowest BCUT2D eigenvalue weighted by atomic mass is 10.2. The van der Waals surface area contributed by atoms with Gasteiger partial charge in [0.25, 0.3) is 5.56 Å². The number of aromatic nitrogens is 4. The topological polar surface area (TPSA) is 78.9 Å². The molecule has 0 amide bonds. The van der Waals surface area contributed by atoms with Gasteiger partial charge in [-0.25, -0.2) is 9.78 Å². The summed E-state index contributed by atoms with van der Waals surface area (Å²) in [7, 11) is 0. The molecule has 108 valence electrons. The zero-order chi connectivity index (χ0) is 25.0. The zero-order valence-corrected chi connectivity index (χ0v) is 10.1. The minimum Gasteiger partial charge on any atom is -0.328 e. The molecule has 7 nitrogen and oxygen atoms in total. The Labute approximate surface area is 132 Å². The van der Waals surface area contributed by atoms with Crippen LogP contribution in [0.2, 0.25) is 0 Å². The fraction of sp³-hybridized carbons (Fsp3) is 0.538. The van der Waals surface area contributed by atoms with Crippen LogP contribution >= 0.6 is 0 Å². The Hall–Kier alpha value is -2.18. The molecule has 2 heterocycles. The summed E-state index contributed by atoms with van der Waals surface area (Å²) in [6, 6.07) is 0. The monoisotopic (exact) mass is 290 g/mol. The van der Waals surface area contributed by atoms with Crippen molar-refractivity contribution in [1.29, 1.82) is 0 Å². The number of carbonyl (C=O) groups excluding carboxylic acids is 1. The molecule has 0 unspecified atom stereocenters. The molecule has 0 bridgehead atoms. The first-order chi connectivity index (χ1) is 14.2. The van der Waals surface area contributed by atoms with Crippen molar-refractivity contribution in [3.05, 3.63) is 27.1 Å². The molecule has 0 aliphatic carbocycles. The van der Waals surface area contributed by atoms with E-state index in [0.717, 1.165) is 0 Å². The fourth-order valence-electron chi connectivity index (χ4n) is 1.71. The number of aryl methyl sites for hydroxylation is 2. The van der Waals surface area contributed by atoms with E-state index in [1.54, 1.807) is 0 Å². The van der Waals surface area contributed by atoms with Crippen LogP contribution in [0.1, 0.15) is 42.5 Å². The van der Waals surface area contributed by atoms with Crippen LogP contribution in [0, 0.1) is 0 Å². The molecular formula is C13H18N4O3. The van der Waals surface area contributed by atoms with Gasteiger partial charge in [0.1, 0.15) is 7.15 Å². The highest BCUT2D eigenvalue weighted by Crippen LogP contribution is 2.04. The summed E-state index contributed by atoms with van der Waals surface area (Å²) < 4.78 is 89.9. The third-order valence-electron chi connectivity index (χ3n) is 2.62.